The van der Waals surface area contributed by atoms with E-state index in [1.165, 1.54) is 12.8 Å². The van der Waals surface area contributed by atoms with Crippen LogP contribution in [0.15, 0.2) is 0 Å². The van der Waals surface area contributed by atoms with Crippen LogP contribution < -0.4 is 5.32 Å². The average molecular weight is 192 g/mol. The first kappa shape index (κ1) is 9.98. The van der Waals surface area contributed by atoms with Crippen molar-refractivity contribution < 1.29 is 0 Å². The number of nitrogens with one attached hydrogen (secondary N) is 1. The van der Waals surface area contributed by atoms with Gasteiger partial charge in [-0.1, -0.05) is 13.8 Å². The van der Waals surface area contributed by atoms with Crippen LogP contribution in [-0.2, 0) is 0 Å². The highest BCUT2D eigenvalue weighted by molar-refractivity contribution is 5.11. The summed E-state index contributed by atoms with van der Waals surface area (Å²) in [6.45, 7) is 5.59. The molecule has 3 unspecified atom stereocenters. The van der Waals surface area contributed by atoms with Crippen molar-refractivity contribution in [3.63, 3.8) is 0 Å². The third-order valence-corrected chi connectivity index (χ3v) is 4.26. The summed E-state index contributed by atoms with van der Waals surface area (Å²) >= 11 is 0. The van der Waals surface area contributed by atoms with Crippen LogP contribution >= 0.6 is 0 Å². The molecule has 2 aliphatic carbocycles. The quantitative estimate of drug-likeness (QED) is 0.745. The fourth-order valence-electron chi connectivity index (χ4n) is 2.46. The van der Waals surface area contributed by atoms with Gasteiger partial charge < -0.3 is 5.32 Å². The summed E-state index contributed by atoms with van der Waals surface area (Å²) in [4.78, 5) is 0. The van der Waals surface area contributed by atoms with Gasteiger partial charge in [0, 0.05) is 12.6 Å². The van der Waals surface area contributed by atoms with Crippen LogP contribution in [0.25, 0.3) is 0 Å². The molecule has 1 N–H and O–H groups in total. The Morgan fingerprint density at radius 3 is 2.50 bits per heavy atom. The molecule has 2 heteroatoms. The Morgan fingerprint density at radius 1 is 1.36 bits per heavy atom. The number of rotatable bonds is 3. The number of nitrogens with zero attached hydrogens (tertiary/aromatic N) is 1. The largest absolute Gasteiger partial charge is 0.312 e. The first-order valence-electron chi connectivity index (χ1n) is 5.81. The van der Waals surface area contributed by atoms with Gasteiger partial charge in [0.15, 0.2) is 0 Å². The van der Waals surface area contributed by atoms with Gasteiger partial charge in [0.25, 0.3) is 0 Å². The average Bonchev–Trinajstić information content (AvgIpc) is 2.91. The summed E-state index contributed by atoms with van der Waals surface area (Å²) in [6, 6.07) is 3.10. The second-order valence-corrected chi connectivity index (χ2v) is 5.29. The monoisotopic (exact) mass is 192 g/mol. The van der Waals surface area contributed by atoms with Gasteiger partial charge in [0.05, 0.1) is 11.5 Å². The summed E-state index contributed by atoms with van der Waals surface area (Å²) in [5.41, 5.74) is 0.0194. The zero-order valence-corrected chi connectivity index (χ0v) is 9.21. The molecule has 2 saturated carbocycles. The topological polar surface area (TPSA) is 35.8 Å². The fraction of sp³-hybridized carbons (Fsp3) is 0.917. The predicted octanol–water partition coefficient (Wildman–Crippen LogP) is 2.31. The molecule has 2 fully saturated rings. The normalized spacial score (nSPS) is 39.4. The third kappa shape index (κ3) is 1.79. The lowest BCUT2D eigenvalue weighted by Gasteiger charge is -2.20. The third-order valence-electron chi connectivity index (χ3n) is 4.26. The fourth-order valence-corrected chi connectivity index (χ4v) is 2.46. The maximum absolute atomic E-state index is 8.96. The minimum absolute atomic E-state index is 0.0194. The molecule has 2 aliphatic rings. The zero-order valence-electron chi connectivity index (χ0n) is 9.21. The molecule has 0 aromatic carbocycles. The van der Waals surface area contributed by atoms with Gasteiger partial charge in [0.1, 0.15) is 0 Å². The molecular weight excluding hydrogens is 172 g/mol. The van der Waals surface area contributed by atoms with Gasteiger partial charge in [-0.3, -0.25) is 0 Å². The van der Waals surface area contributed by atoms with E-state index in [4.69, 9.17) is 5.26 Å². The van der Waals surface area contributed by atoms with Crippen molar-refractivity contribution in [3.05, 3.63) is 0 Å². The van der Waals surface area contributed by atoms with Crippen LogP contribution in [0, 0.1) is 28.6 Å². The predicted molar refractivity (Wildman–Crippen MR) is 56.6 cm³/mol. The molecule has 0 aromatic heterocycles. The van der Waals surface area contributed by atoms with Crippen LogP contribution in [0.3, 0.4) is 0 Å². The highest BCUT2D eigenvalue weighted by Crippen LogP contribution is 2.44. The van der Waals surface area contributed by atoms with Crippen molar-refractivity contribution in [2.24, 2.45) is 17.3 Å². The molecule has 78 valence electrons. The van der Waals surface area contributed by atoms with E-state index in [2.05, 4.69) is 25.2 Å². The summed E-state index contributed by atoms with van der Waals surface area (Å²) < 4.78 is 0. The van der Waals surface area contributed by atoms with Crippen molar-refractivity contribution in [1.29, 1.82) is 5.26 Å². The molecule has 0 heterocycles. The Kier molecular flexibility index (Phi) is 2.53. The van der Waals surface area contributed by atoms with Crippen LogP contribution in [0.1, 0.15) is 39.5 Å². The molecule has 0 aliphatic heterocycles. The molecule has 0 radical (unpaired) electrons. The van der Waals surface area contributed by atoms with Gasteiger partial charge in [0.2, 0.25) is 0 Å². The van der Waals surface area contributed by atoms with Crippen LogP contribution in [-0.4, -0.2) is 12.6 Å². The van der Waals surface area contributed by atoms with Crippen molar-refractivity contribution >= 4 is 0 Å². The van der Waals surface area contributed by atoms with Crippen molar-refractivity contribution in [2.75, 3.05) is 6.54 Å². The lowest BCUT2D eigenvalue weighted by atomic mass is 9.97. The van der Waals surface area contributed by atoms with E-state index in [-0.39, 0.29) is 5.41 Å². The maximum Gasteiger partial charge on any atom is 0.0703 e. The highest BCUT2D eigenvalue weighted by atomic mass is 14.9. The van der Waals surface area contributed by atoms with E-state index in [9.17, 15) is 0 Å². The maximum atomic E-state index is 8.96. The Labute approximate surface area is 86.7 Å². The van der Waals surface area contributed by atoms with E-state index < -0.39 is 0 Å². The second kappa shape index (κ2) is 3.55. The number of nitriles is 1. The summed E-state index contributed by atoms with van der Waals surface area (Å²) in [7, 11) is 0. The molecular formula is C12H20N2. The lowest BCUT2D eigenvalue weighted by Crippen LogP contribution is -2.36. The Bertz CT molecular complexity index is 250. The standard InChI is InChI=1S/C12H20N2/c1-9-3-4-11(10(9)2)14-8-12(7-13)5-6-12/h9-11,14H,3-6,8H2,1-2H3. The van der Waals surface area contributed by atoms with Crippen molar-refractivity contribution in [2.45, 2.75) is 45.6 Å². The lowest BCUT2D eigenvalue weighted by molar-refractivity contribution is 0.357. The van der Waals surface area contributed by atoms with Gasteiger partial charge in [-0.05, 0) is 37.5 Å². The Balaban J connectivity index is 1.79. The molecule has 2 nitrogen and oxygen atoms in total. The van der Waals surface area contributed by atoms with E-state index in [0.29, 0.717) is 6.04 Å². The summed E-state index contributed by atoms with van der Waals surface area (Å²) in [6.07, 6.45) is 4.85. The van der Waals surface area contributed by atoms with Gasteiger partial charge >= 0.3 is 0 Å². The van der Waals surface area contributed by atoms with Crippen LogP contribution in [0.2, 0.25) is 0 Å². The molecule has 0 spiro atoms. The number of hydrogen-bond acceptors (Lipinski definition) is 2. The van der Waals surface area contributed by atoms with Crippen LogP contribution in [0.5, 0.6) is 0 Å². The SMILES string of the molecule is CC1CCC(NCC2(C#N)CC2)C1C. The number of hydrogen-bond donors (Lipinski definition) is 1. The van der Waals surface area contributed by atoms with Gasteiger partial charge in [-0.2, -0.15) is 5.26 Å². The zero-order chi connectivity index (χ0) is 10.2. The van der Waals surface area contributed by atoms with Crippen molar-refractivity contribution in [3.8, 4) is 6.07 Å². The first-order chi connectivity index (χ1) is 6.67. The van der Waals surface area contributed by atoms with Gasteiger partial charge in [-0.15, -0.1) is 0 Å². The second-order valence-electron chi connectivity index (χ2n) is 5.29. The molecule has 0 bridgehead atoms. The first-order valence-corrected chi connectivity index (χ1v) is 5.81. The van der Waals surface area contributed by atoms with E-state index in [1.807, 2.05) is 0 Å². The Morgan fingerprint density at radius 2 is 2.07 bits per heavy atom. The molecule has 0 amide bonds. The van der Waals surface area contributed by atoms with Crippen LogP contribution in [0.4, 0.5) is 0 Å². The summed E-state index contributed by atoms with van der Waals surface area (Å²) in [5, 5.41) is 12.6. The Hall–Kier alpha value is -0.550. The molecule has 2 rings (SSSR count). The minimum atomic E-state index is 0.0194. The molecule has 14 heavy (non-hydrogen) atoms. The molecule has 0 aromatic rings. The van der Waals surface area contributed by atoms with Gasteiger partial charge in [-0.25, -0.2) is 0 Å². The highest BCUT2D eigenvalue weighted by Gasteiger charge is 2.43. The van der Waals surface area contributed by atoms with E-state index in [1.54, 1.807) is 0 Å². The molecule has 0 saturated heterocycles. The minimum Gasteiger partial charge on any atom is -0.312 e. The van der Waals surface area contributed by atoms with E-state index in [0.717, 1.165) is 31.2 Å². The summed E-state index contributed by atoms with van der Waals surface area (Å²) in [5.74, 6) is 1.63. The molecule has 3 atom stereocenters. The smallest absolute Gasteiger partial charge is 0.0703 e. The van der Waals surface area contributed by atoms with E-state index >= 15 is 0 Å². The van der Waals surface area contributed by atoms with Crippen molar-refractivity contribution in [1.82, 2.24) is 5.32 Å².